The maximum atomic E-state index is 3.86. The molecule has 3 heterocycles. The molecule has 4 aliphatic carbocycles. The van der Waals surface area contributed by atoms with E-state index in [0.717, 1.165) is 11.8 Å². The summed E-state index contributed by atoms with van der Waals surface area (Å²) in [5.74, 6) is 2.76. The SMILES string of the molecule is c1cc2[nH]c3ccc(-c4cc(C5CCCCC5)cc5c4sc4ccc(C6CCCCC6)cc45)cc3c2cc1-c1cc(C2CCCCC2)cc2c1sc1ccc(C3CCCCC3)cc12. The van der Waals surface area contributed by atoms with Gasteiger partial charge in [-0.25, -0.2) is 0 Å². The van der Waals surface area contributed by atoms with Crippen molar-refractivity contribution in [1.29, 1.82) is 0 Å². The Balaban J connectivity index is 0.962. The summed E-state index contributed by atoms with van der Waals surface area (Å²) in [6, 6.07) is 40.2. The first kappa shape index (κ1) is 39.0. The molecule has 9 aromatic rings. The van der Waals surface area contributed by atoms with Crippen molar-refractivity contribution < 1.29 is 0 Å². The van der Waals surface area contributed by atoms with Gasteiger partial charge in [0.05, 0.1) is 0 Å². The van der Waals surface area contributed by atoms with Gasteiger partial charge in [-0.05, 0) is 192 Å². The van der Waals surface area contributed by atoms with E-state index in [0.29, 0.717) is 11.8 Å². The average molecular weight is 860 g/mol. The van der Waals surface area contributed by atoms with Crippen molar-refractivity contribution in [3.05, 3.63) is 119 Å². The zero-order valence-corrected chi connectivity index (χ0v) is 38.6. The van der Waals surface area contributed by atoms with Crippen molar-refractivity contribution in [1.82, 2.24) is 4.98 Å². The van der Waals surface area contributed by atoms with E-state index < -0.39 is 0 Å². The maximum Gasteiger partial charge on any atom is 0.0465 e. The number of fused-ring (bicyclic) bond motifs is 9. The molecule has 318 valence electrons. The average Bonchev–Trinajstić information content (AvgIpc) is 4.05. The van der Waals surface area contributed by atoms with Crippen LogP contribution in [0.4, 0.5) is 0 Å². The molecule has 3 aromatic heterocycles. The highest BCUT2D eigenvalue weighted by molar-refractivity contribution is 7.26. The maximum absolute atomic E-state index is 3.86. The molecule has 4 saturated carbocycles. The van der Waals surface area contributed by atoms with Gasteiger partial charge in [0.25, 0.3) is 0 Å². The lowest BCUT2D eigenvalue weighted by molar-refractivity contribution is 0.444. The number of H-pyrrole nitrogens is 1. The third-order valence-electron chi connectivity index (χ3n) is 16.8. The number of aromatic nitrogens is 1. The molecule has 63 heavy (non-hydrogen) atoms. The van der Waals surface area contributed by atoms with Crippen LogP contribution in [0.2, 0.25) is 0 Å². The van der Waals surface area contributed by atoms with Gasteiger partial charge in [0.2, 0.25) is 0 Å². The first-order chi connectivity index (χ1) is 31.2. The van der Waals surface area contributed by atoms with E-state index in [1.165, 1.54) is 213 Å². The zero-order valence-electron chi connectivity index (χ0n) is 37.0. The number of hydrogen-bond donors (Lipinski definition) is 1. The van der Waals surface area contributed by atoms with Crippen LogP contribution in [0.15, 0.2) is 97.1 Å². The number of aromatic amines is 1. The monoisotopic (exact) mass is 859 g/mol. The second-order valence-corrected chi connectivity index (χ2v) is 22.7. The Hall–Kier alpha value is -4.44. The summed E-state index contributed by atoms with van der Waals surface area (Å²) in [7, 11) is 0. The number of thiophene rings is 2. The van der Waals surface area contributed by atoms with Crippen molar-refractivity contribution in [2.75, 3.05) is 0 Å². The molecule has 3 heteroatoms. The molecule has 0 amide bonds. The van der Waals surface area contributed by atoms with E-state index in [2.05, 4.69) is 102 Å². The van der Waals surface area contributed by atoms with E-state index >= 15 is 0 Å². The van der Waals surface area contributed by atoms with Gasteiger partial charge >= 0.3 is 0 Å². The molecular formula is C60H61NS2. The molecule has 0 radical (unpaired) electrons. The summed E-state index contributed by atoms with van der Waals surface area (Å²) in [6.45, 7) is 0. The second kappa shape index (κ2) is 16.2. The largest absolute Gasteiger partial charge is 0.355 e. The van der Waals surface area contributed by atoms with Gasteiger partial charge in [-0.1, -0.05) is 101 Å². The number of rotatable bonds is 6. The molecule has 0 unspecified atom stereocenters. The third kappa shape index (κ3) is 6.98. The van der Waals surface area contributed by atoms with Gasteiger partial charge in [-0.3, -0.25) is 0 Å². The van der Waals surface area contributed by atoms with E-state index in [1.54, 1.807) is 22.3 Å². The van der Waals surface area contributed by atoms with Crippen LogP contribution in [-0.2, 0) is 0 Å². The molecule has 0 atom stereocenters. The Labute approximate surface area is 381 Å². The highest BCUT2D eigenvalue weighted by Crippen LogP contribution is 2.49. The van der Waals surface area contributed by atoms with Crippen LogP contribution in [0.25, 0.3) is 84.4 Å². The Morgan fingerprint density at radius 2 is 0.683 bits per heavy atom. The Kier molecular flexibility index (Phi) is 10.0. The number of nitrogens with one attached hydrogen (secondary N) is 1. The molecule has 13 rings (SSSR count). The van der Waals surface area contributed by atoms with Crippen LogP contribution in [0.5, 0.6) is 0 Å². The smallest absolute Gasteiger partial charge is 0.0465 e. The lowest BCUT2D eigenvalue weighted by Crippen LogP contribution is -2.05. The molecule has 1 N–H and O–H groups in total. The number of hydrogen-bond acceptors (Lipinski definition) is 2. The van der Waals surface area contributed by atoms with Gasteiger partial charge in [0.15, 0.2) is 0 Å². The second-order valence-electron chi connectivity index (χ2n) is 20.6. The van der Waals surface area contributed by atoms with Crippen molar-refractivity contribution in [2.24, 2.45) is 0 Å². The molecule has 0 spiro atoms. The molecule has 0 aliphatic heterocycles. The van der Waals surface area contributed by atoms with E-state index in [4.69, 9.17) is 0 Å². The molecule has 4 fully saturated rings. The molecule has 6 aromatic carbocycles. The first-order valence-electron chi connectivity index (χ1n) is 25.2. The lowest BCUT2D eigenvalue weighted by Gasteiger charge is -2.23. The Bertz CT molecular complexity index is 2950. The predicted octanol–water partition coefficient (Wildman–Crippen LogP) is 19.6. The predicted molar refractivity (Wildman–Crippen MR) is 276 cm³/mol. The van der Waals surface area contributed by atoms with Crippen LogP contribution >= 0.6 is 22.7 Å². The summed E-state index contributed by atoms with van der Waals surface area (Å²) in [5, 5.41) is 8.64. The quantitative estimate of drug-likeness (QED) is 0.171. The standard InChI is InChI=1S/C60H61NS2/c1-5-13-37(14-6-1)41-23-27-57-51(29-41)53-35-45(39-17-9-3-10-18-39)33-47(59(53)62-57)43-21-25-55-49(31-43)50-32-44(22-26-56(50)61-55)48-34-46(40-19-11-4-12-20-40)36-54-52-30-42(38-15-7-2-8-16-38)24-28-58(52)63-60(48)54/h21-40,61H,1-20H2. The topological polar surface area (TPSA) is 15.8 Å². The van der Waals surface area contributed by atoms with Crippen molar-refractivity contribution in [2.45, 2.75) is 152 Å². The van der Waals surface area contributed by atoms with Crippen molar-refractivity contribution in [3.8, 4) is 22.3 Å². The van der Waals surface area contributed by atoms with Gasteiger partial charge in [-0.2, -0.15) is 0 Å². The highest BCUT2D eigenvalue weighted by Gasteiger charge is 2.25. The third-order valence-corrected chi connectivity index (χ3v) is 19.2. The minimum atomic E-state index is 0.659. The fourth-order valence-electron chi connectivity index (χ4n) is 13.2. The molecule has 4 aliphatic rings. The van der Waals surface area contributed by atoms with Crippen LogP contribution in [0, 0.1) is 0 Å². The van der Waals surface area contributed by atoms with Gasteiger partial charge in [0, 0.05) is 62.2 Å². The normalized spacial score (nSPS) is 19.2. The number of benzene rings is 6. The van der Waals surface area contributed by atoms with Crippen LogP contribution in [-0.4, -0.2) is 4.98 Å². The first-order valence-corrected chi connectivity index (χ1v) is 26.9. The van der Waals surface area contributed by atoms with E-state index in [-0.39, 0.29) is 0 Å². The summed E-state index contributed by atoms with van der Waals surface area (Å²) >= 11 is 4.04. The van der Waals surface area contributed by atoms with Crippen molar-refractivity contribution in [3.63, 3.8) is 0 Å². The Morgan fingerprint density at radius 3 is 1.08 bits per heavy atom. The highest BCUT2D eigenvalue weighted by atomic mass is 32.1. The van der Waals surface area contributed by atoms with Gasteiger partial charge in [0.1, 0.15) is 0 Å². The zero-order chi connectivity index (χ0) is 41.4. The van der Waals surface area contributed by atoms with E-state index in [9.17, 15) is 0 Å². The summed E-state index contributed by atoms with van der Waals surface area (Å²) in [4.78, 5) is 3.86. The summed E-state index contributed by atoms with van der Waals surface area (Å²) < 4.78 is 5.81. The minimum Gasteiger partial charge on any atom is -0.355 e. The van der Waals surface area contributed by atoms with Crippen LogP contribution in [0.1, 0.15) is 174 Å². The van der Waals surface area contributed by atoms with Crippen LogP contribution in [0.3, 0.4) is 0 Å². The Morgan fingerprint density at radius 1 is 0.317 bits per heavy atom. The van der Waals surface area contributed by atoms with Gasteiger partial charge in [-0.15, -0.1) is 22.7 Å². The van der Waals surface area contributed by atoms with Crippen molar-refractivity contribution >= 4 is 84.8 Å². The van der Waals surface area contributed by atoms with E-state index in [1.807, 2.05) is 22.7 Å². The molecule has 0 saturated heterocycles. The fourth-order valence-corrected chi connectivity index (χ4v) is 15.6. The minimum absolute atomic E-state index is 0.659. The molecule has 0 bridgehead atoms. The summed E-state index contributed by atoms with van der Waals surface area (Å²) in [5.41, 5.74) is 14.3. The van der Waals surface area contributed by atoms with Crippen LogP contribution < -0.4 is 0 Å². The molecule has 1 nitrogen and oxygen atoms in total. The fraction of sp³-hybridized carbons (Fsp3) is 0.400. The summed E-state index contributed by atoms with van der Waals surface area (Å²) in [6.07, 6.45) is 27.2. The lowest BCUT2D eigenvalue weighted by atomic mass is 9.82. The molecular weight excluding hydrogens is 799 g/mol. The van der Waals surface area contributed by atoms with Gasteiger partial charge < -0.3 is 4.98 Å².